The lowest BCUT2D eigenvalue weighted by Gasteiger charge is -2.33. The van der Waals surface area contributed by atoms with E-state index in [1.54, 1.807) is 11.3 Å². The van der Waals surface area contributed by atoms with Gasteiger partial charge in [-0.25, -0.2) is 0 Å². The molecule has 2 heterocycles. The fourth-order valence-electron chi connectivity index (χ4n) is 4.15. The number of nitrogens with zero attached hydrogens (tertiary/aromatic N) is 1. The van der Waals surface area contributed by atoms with Crippen LogP contribution in [0.5, 0.6) is 0 Å². The van der Waals surface area contributed by atoms with Crippen molar-refractivity contribution in [2.75, 3.05) is 6.54 Å². The van der Waals surface area contributed by atoms with Crippen LogP contribution in [0.15, 0.2) is 47.8 Å². The van der Waals surface area contributed by atoms with Gasteiger partial charge in [-0.3, -0.25) is 9.69 Å². The van der Waals surface area contributed by atoms with E-state index in [9.17, 15) is 9.90 Å². The summed E-state index contributed by atoms with van der Waals surface area (Å²) in [5, 5.41) is 13.2. The molecule has 0 spiro atoms. The first-order chi connectivity index (χ1) is 12.6. The van der Waals surface area contributed by atoms with Crippen molar-refractivity contribution in [3.05, 3.63) is 70.1 Å². The van der Waals surface area contributed by atoms with Crippen molar-refractivity contribution in [1.82, 2.24) is 4.90 Å². The van der Waals surface area contributed by atoms with Crippen LogP contribution >= 0.6 is 11.3 Å². The zero-order chi connectivity index (χ0) is 18.3. The predicted molar refractivity (Wildman–Crippen MR) is 107 cm³/mol. The van der Waals surface area contributed by atoms with Crippen molar-refractivity contribution in [2.24, 2.45) is 0 Å². The summed E-state index contributed by atoms with van der Waals surface area (Å²) in [5.74, 6) is -0.711. The third-order valence-corrected chi connectivity index (χ3v) is 6.43. The third-order valence-electron chi connectivity index (χ3n) is 5.45. The van der Waals surface area contributed by atoms with Crippen LogP contribution in [0.1, 0.15) is 41.1 Å². The van der Waals surface area contributed by atoms with Crippen LogP contribution in [-0.2, 0) is 4.79 Å². The molecule has 3 nitrogen and oxygen atoms in total. The molecule has 0 bridgehead atoms. The average Bonchev–Trinajstić information content (AvgIpc) is 3.26. The number of aryl methyl sites for hydroxylation is 2. The van der Waals surface area contributed by atoms with E-state index < -0.39 is 12.0 Å². The zero-order valence-electron chi connectivity index (χ0n) is 15.1. The normalized spacial score (nSPS) is 19.1. The fraction of sp³-hybridized carbons (Fsp3) is 0.318. The molecule has 0 amide bonds. The molecule has 3 aromatic rings. The summed E-state index contributed by atoms with van der Waals surface area (Å²) in [5.41, 5.74) is 4.88. The molecule has 0 radical (unpaired) electrons. The van der Waals surface area contributed by atoms with Crippen molar-refractivity contribution < 1.29 is 9.90 Å². The second kappa shape index (κ2) is 6.86. The van der Waals surface area contributed by atoms with E-state index in [1.807, 2.05) is 0 Å². The highest BCUT2D eigenvalue weighted by molar-refractivity contribution is 7.17. The fourth-order valence-corrected chi connectivity index (χ4v) is 5.13. The first-order valence-corrected chi connectivity index (χ1v) is 9.96. The van der Waals surface area contributed by atoms with Gasteiger partial charge in [0.1, 0.15) is 6.04 Å². The number of carboxylic acids is 1. The smallest absolute Gasteiger partial charge is 0.320 e. The summed E-state index contributed by atoms with van der Waals surface area (Å²) >= 11 is 1.74. The second-order valence-electron chi connectivity index (χ2n) is 7.18. The third kappa shape index (κ3) is 2.93. The number of likely N-dealkylation sites (tertiary alicyclic amines) is 1. The Morgan fingerprint density at radius 1 is 1.19 bits per heavy atom. The molecular formula is C22H23NO2S. The Hall–Kier alpha value is -2.17. The Morgan fingerprint density at radius 3 is 2.81 bits per heavy atom. The van der Waals surface area contributed by atoms with Crippen LogP contribution in [0.4, 0.5) is 0 Å². The van der Waals surface area contributed by atoms with Crippen LogP contribution in [-0.4, -0.2) is 28.6 Å². The highest BCUT2D eigenvalue weighted by Gasteiger charge is 2.38. The second-order valence-corrected chi connectivity index (χ2v) is 8.10. The van der Waals surface area contributed by atoms with E-state index in [4.69, 9.17) is 0 Å². The molecule has 1 fully saturated rings. The quantitative estimate of drug-likeness (QED) is 0.694. The van der Waals surface area contributed by atoms with Gasteiger partial charge in [-0.1, -0.05) is 42.0 Å². The van der Waals surface area contributed by atoms with Crippen LogP contribution in [0.2, 0.25) is 0 Å². The maximum absolute atomic E-state index is 11.9. The monoisotopic (exact) mass is 365 g/mol. The molecule has 1 saturated heterocycles. The first-order valence-electron chi connectivity index (χ1n) is 9.08. The lowest BCUT2D eigenvalue weighted by atomic mass is 9.91. The van der Waals surface area contributed by atoms with Gasteiger partial charge in [0, 0.05) is 11.2 Å². The van der Waals surface area contributed by atoms with Gasteiger partial charge in [0.2, 0.25) is 0 Å². The minimum absolute atomic E-state index is 0.0188. The van der Waals surface area contributed by atoms with Gasteiger partial charge in [0.05, 0.1) is 6.04 Å². The van der Waals surface area contributed by atoms with Crippen molar-refractivity contribution in [2.45, 2.75) is 38.8 Å². The molecule has 0 aliphatic carbocycles. The molecule has 1 aliphatic rings. The van der Waals surface area contributed by atoms with E-state index in [-0.39, 0.29) is 6.04 Å². The highest BCUT2D eigenvalue weighted by Crippen LogP contribution is 2.41. The first kappa shape index (κ1) is 17.3. The minimum Gasteiger partial charge on any atom is -0.480 e. The summed E-state index contributed by atoms with van der Waals surface area (Å²) in [7, 11) is 0. The Bertz CT molecular complexity index is 962. The Balaban J connectivity index is 1.92. The largest absolute Gasteiger partial charge is 0.480 e. The number of aliphatic carboxylic acids is 1. The Labute approximate surface area is 157 Å². The van der Waals surface area contributed by atoms with E-state index >= 15 is 0 Å². The van der Waals surface area contributed by atoms with Crippen LogP contribution in [0, 0.1) is 13.8 Å². The number of rotatable bonds is 4. The average molecular weight is 365 g/mol. The molecule has 4 rings (SSSR count). The molecule has 2 unspecified atom stereocenters. The molecule has 2 aromatic carbocycles. The highest BCUT2D eigenvalue weighted by atomic mass is 32.1. The summed E-state index contributed by atoms with van der Waals surface area (Å²) in [6.07, 6.45) is 1.65. The molecule has 1 aromatic heterocycles. The standard InChI is InChI=1S/C22H23NO2S/c1-14-9-10-15(2)17(12-14)21(23-11-5-7-19(23)22(24)25)18-13-26-20-8-4-3-6-16(18)20/h3-4,6,8-10,12-13,19,21H,5,7,11H2,1-2H3,(H,24,25). The lowest BCUT2D eigenvalue weighted by molar-refractivity contribution is -0.142. The van der Waals surface area contributed by atoms with E-state index in [2.05, 4.69) is 66.6 Å². The molecule has 2 atom stereocenters. The number of fused-ring (bicyclic) bond motifs is 1. The Morgan fingerprint density at radius 2 is 2.00 bits per heavy atom. The summed E-state index contributed by atoms with van der Waals surface area (Å²) in [6.45, 7) is 5.05. The van der Waals surface area contributed by atoms with Gasteiger partial charge in [-0.05, 0) is 60.2 Å². The molecule has 4 heteroatoms. The molecule has 1 N–H and O–H groups in total. The molecule has 134 valence electrons. The molecule has 1 aliphatic heterocycles. The lowest BCUT2D eigenvalue weighted by Crippen LogP contribution is -2.39. The number of hydrogen-bond acceptors (Lipinski definition) is 3. The van der Waals surface area contributed by atoms with Gasteiger partial charge in [0.25, 0.3) is 0 Å². The number of hydrogen-bond donors (Lipinski definition) is 1. The summed E-state index contributed by atoms with van der Waals surface area (Å²) in [4.78, 5) is 14.1. The predicted octanol–water partition coefficient (Wildman–Crippen LogP) is 5.16. The van der Waals surface area contributed by atoms with Gasteiger partial charge in [0.15, 0.2) is 0 Å². The number of benzene rings is 2. The molecule has 0 saturated carbocycles. The Kier molecular flexibility index (Phi) is 4.55. The summed E-state index contributed by atoms with van der Waals surface area (Å²) < 4.78 is 1.25. The van der Waals surface area contributed by atoms with Crippen LogP contribution in [0.3, 0.4) is 0 Å². The minimum atomic E-state index is -0.711. The van der Waals surface area contributed by atoms with E-state index in [1.165, 1.54) is 32.3 Å². The summed E-state index contributed by atoms with van der Waals surface area (Å²) in [6, 6.07) is 14.5. The van der Waals surface area contributed by atoms with E-state index in [0.717, 1.165) is 19.4 Å². The van der Waals surface area contributed by atoms with Crippen molar-refractivity contribution in [3.63, 3.8) is 0 Å². The molecule has 26 heavy (non-hydrogen) atoms. The molecular weight excluding hydrogens is 342 g/mol. The SMILES string of the molecule is Cc1ccc(C)c(C(c2csc3ccccc23)N2CCCC2C(=O)O)c1. The van der Waals surface area contributed by atoms with Crippen molar-refractivity contribution in [1.29, 1.82) is 0 Å². The van der Waals surface area contributed by atoms with Crippen LogP contribution in [0.25, 0.3) is 10.1 Å². The maximum atomic E-state index is 11.9. The van der Waals surface area contributed by atoms with Crippen molar-refractivity contribution in [3.8, 4) is 0 Å². The number of carbonyl (C=O) groups is 1. The van der Waals surface area contributed by atoms with Gasteiger partial charge in [-0.15, -0.1) is 11.3 Å². The van der Waals surface area contributed by atoms with Gasteiger partial charge >= 0.3 is 5.97 Å². The number of carboxylic acid groups (broad SMARTS) is 1. The number of thiophene rings is 1. The topological polar surface area (TPSA) is 40.5 Å². The zero-order valence-corrected chi connectivity index (χ0v) is 15.9. The van der Waals surface area contributed by atoms with Gasteiger partial charge < -0.3 is 5.11 Å². The maximum Gasteiger partial charge on any atom is 0.320 e. The van der Waals surface area contributed by atoms with Crippen LogP contribution < -0.4 is 0 Å². The van der Waals surface area contributed by atoms with Gasteiger partial charge in [-0.2, -0.15) is 0 Å². The van der Waals surface area contributed by atoms with E-state index in [0.29, 0.717) is 0 Å². The van der Waals surface area contributed by atoms with Crippen molar-refractivity contribution >= 4 is 27.4 Å².